The van der Waals surface area contributed by atoms with E-state index in [0.29, 0.717) is 18.2 Å². The van der Waals surface area contributed by atoms with Crippen molar-refractivity contribution >= 4 is 0 Å². The van der Waals surface area contributed by atoms with Gasteiger partial charge in [0.1, 0.15) is 0 Å². The van der Waals surface area contributed by atoms with Crippen molar-refractivity contribution in [3.8, 4) is 5.75 Å². The summed E-state index contributed by atoms with van der Waals surface area (Å²) in [6.45, 7) is 4.76. The van der Waals surface area contributed by atoms with Crippen LogP contribution in [0.5, 0.6) is 5.75 Å². The predicted molar refractivity (Wildman–Crippen MR) is 72.5 cm³/mol. The fourth-order valence-corrected chi connectivity index (χ4v) is 3.39. The zero-order chi connectivity index (χ0) is 14.1. The molecular weight excluding hydrogens is 262 g/mol. The standard InChI is InChI=1S/C15H20F2N2O/c16-13-7-11(8-14(17)15(13)20)9-18-4-2-6-19-5-1-3-12(19)10-18/h7-8,12,20H,1-6,9-10H2. The van der Waals surface area contributed by atoms with Crippen molar-refractivity contribution in [2.24, 2.45) is 0 Å². The number of halogens is 2. The Morgan fingerprint density at radius 3 is 2.55 bits per heavy atom. The number of rotatable bonds is 2. The first kappa shape index (κ1) is 13.8. The van der Waals surface area contributed by atoms with Crippen LogP contribution in [0.1, 0.15) is 24.8 Å². The highest BCUT2D eigenvalue weighted by atomic mass is 19.1. The van der Waals surface area contributed by atoms with Gasteiger partial charge in [-0.3, -0.25) is 9.80 Å². The Morgan fingerprint density at radius 2 is 1.80 bits per heavy atom. The third kappa shape index (κ3) is 2.79. The van der Waals surface area contributed by atoms with E-state index in [-0.39, 0.29) is 0 Å². The van der Waals surface area contributed by atoms with Crippen LogP contribution in [-0.2, 0) is 6.54 Å². The molecule has 5 heteroatoms. The third-order valence-corrected chi connectivity index (χ3v) is 4.37. The number of hydrogen-bond donors (Lipinski definition) is 1. The molecule has 2 aliphatic rings. The molecule has 2 heterocycles. The summed E-state index contributed by atoms with van der Waals surface area (Å²) < 4.78 is 26.7. The van der Waals surface area contributed by atoms with Gasteiger partial charge in [-0.2, -0.15) is 0 Å². The maximum atomic E-state index is 13.4. The number of hydrogen-bond acceptors (Lipinski definition) is 3. The highest BCUT2D eigenvalue weighted by molar-refractivity contribution is 5.30. The normalized spacial score (nSPS) is 24.6. The first-order valence-corrected chi connectivity index (χ1v) is 7.27. The molecule has 0 aromatic heterocycles. The molecule has 1 N–H and O–H groups in total. The molecule has 2 saturated heterocycles. The average Bonchev–Trinajstić information content (AvgIpc) is 2.75. The molecular formula is C15H20F2N2O. The van der Waals surface area contributed by atoms with Gasteiger partial charge in [0, 0.05) is 19.1 Å². The number of phenolic OH excluding ortho intramolecular Hbond substituents is 1. The second-order valence-corrected chi connectivity index (χ2v) is 5.83. The summed E-state index contributed by atoms with van der Waals surface area (Å²) in [5.41, 5.74) is 0.587. The first-order chi connectivity index (χ1) is 9.63. The first-order valence-electron chi connectivity index (χ1n) is 7.27. The molecule has 0 amide bonds. The summed E-state index contributed by atoms with van der Waals surface area (Å²) in [5, 5.41) is 9.13. The molecule has 1 unspecified atom stereocenters. The van der Waals surface area contributed by atoms with Gasteiger partial charge in [-0.1, -0.05) is 0 Å². The fraction of sp³-hybridized carbons (Fsp3) is 0.600. The van der Waals surface area contributed by atoms with Gasteiger partial charge in [-0.15, -0.1) is 0 Å². The van der Waals surface area contributed by atoms with Crippen molar-refractivity contribution < 1.29 is 13.9 Å². The van der Waals surface area contributed by atoms with Crippen LogP contribution in [0.25, 0.3) is 0 Å². The molecule has 0 spiro atoms. The number of nitrogens with zero attached hydrogens (tertiary/aromatic N) is 2. The lowest BCUT2D eigenvalue weighted by atomic mass is 10.1. The Kier molecular flexibility index (Phi) is 3.89. The molecule has 20 heavy (non-hydrogen) atoms. The van der Waals surface area contributed by atoms with Crippen molar-refractivity contribution in [1.29, 1.82) is 0 Å². The molecule has 1 atom stereocenters. The number of fused-ring (bicyclic) bond motifs is 1. The van der Waals surface area contributed by atoms with Crippen molar-refractivity contribution in [2.45, 2.75) is 31.8 Å². The summed E-state index contributed by atoms with van der Waals surface area (Å²) >= 11 is 0. The summed E-state index contributed by atoms with van der Waals surface area (Å²) in [4.78, 5) is 4.79. The van der Waals surface area contributed by atoms with Crippen LogP contribution >= 0.6 is 0 Å². The van der Waals surface area contributed by atoms with E-state index in [2.05, 4.69) is 9.80 Å². The molecule has 0 bridgehead atoms. The van der Waals surface area contributed by atoms with Crippen LogP contribution in [0.2, 0.25) is 0 Å². The zero-order valence-corrected chi connectivity index (χ0v) is 11.5. The van der Waals surface area contributed by atoms with Gasteiger partial charge in [0.25, 0.3) is 0 Å². The monoisotopic (exact) mass is 282 g/mol. The van der Waals surface area contributed by atoms with Crippen molar-refractivity contribution in [2.75, 3.05) is 26.2 Å². The summed E-state index contributed by atoms with van der Waals surface area (Å²) in [6, 6.07) is 3.05. The maximum absolute atomic E-state index is 13.4. The summed E-state index contributed by atoms with van der Waals surface area (Å²) in [6.07, 6.45) is 3.56. The van der Waals surface area contributed by atoms with Crippen LogP contribution in [0.3, 0.4) is 0 Å². The number of benzene rings is 1. The highest BCUT2D eigenvalue weighted by Gasteiger charge is 2.28. The van der Waals surface area contributed by atoms with Crippen LogP contribution in [-0.4, -0.2) is 47.1 Å². The summed E-state index contributed by atoms with van der Waals surface area (Å²) in [5.74, 6) is -2.64. The highest BCUT2D eigenvalue weighted by Crippen LogP contribution is 2.25. The molecule has 0 aliphatic carbocycles. The van der Waals surface area contributed by atoms with Gasteiger partial charge >= 0.3 is 0 Å². The molecule has 0 saturated carbocycles. The molecule has 2 fully saturated rings. The van der Waals surface area contributed by atoms with Crippen LogP contribution in [0.4, 0.5) is 8.78 Å². The molecule has 0 radical (unpaired) electrons. The van der Waals surface area contributed by atoms with E-state index in [1.165, 1.54) is 31.5 Å². The van der Waals surface area contributed by atoms with E-state index in [1.807, 2.05) is 0 Å². The maximum Gasteiger partial charge on any atom is 0.187 e. The molecule has 110 valence electrons. The molecule has 3 rings (SSSR count). The predicted octanol–water partition coefficient (Wildman–Crippen LogP) is 2.34. The lowest BCUT2D eigenvalue weighted by molar-refractivity contribution is 0.215. The van der Waals surface area contributed by atoms with E-state index in [0.717, 1.165) is 26.1 Å². The Bertz CT molecular complexity index is 472. The number of phenols is 1. The minimum absolute atomic E-state index is 0.540. The van der Waals surface area contributed by atoms with Gasteiger partial charge in [0.2, 0.25) is 0 Å². The second kappa shape index (κ2) is 5.66. The van der Waals surface area contributed by atoms with Gasteiger partial charge in [-0.25, -0.2) is 8.78 Å². The lowest BCUT2D eigenvalue weighted by Crippen LogP contribution is -2.36. The van der Waals surface area contributed by atoms with Crippen LogP contribution < -0.4 is 0 Å². The number of aromatic hydroxyl groups is 1. The minimum atomic E-state index is -0.883. The van der Waals surface area contributed by atoms with E-state index < -0.39 is 17.4 Å². The third-order valence-electron chi connectivity index (χ3n) is 4.37. The van der Waals surface area contributed by atoms with Crippen molar-refractivity contribution in [1.82, 2.24) is 9.80 Å². The molecule has 1 aromatic rings. The topological polar surface area (TPSA) is 26.7 Å². The fourth-order valence-electron chi connectivity index (χ4n) is 3.39. The van der Waals surface area contributed by atoms with Crippen LogP contribution in [0.15, 0.2) is 12.1 Å². The lowest BCUT2D eigenvalue weighted by Gasteiger charge is -2.25. The minimum Gasteiger partial charge on any atom is -0.503 e. The van der Waals surface area contributed by atoms with E-state index in [9.17, 15) is 8.78 Å². The molecule has 1 aromatic carbocycles. The Hall–Kier alpha value is -1.20. The van der Waals surface area contributed by atoms with Crippen molar-refractivity contribution in [3.05, 3.63) is 29.3 Å². The van der Waals surface area contributed by atoms with Crippen molar-refractivity contribution in [3.63, 3.8) is 0 Å². The Morgan fingerprint density at radius 1 is 1.10 bits per heavy atom. The average molecular weight is 282 g/mol. The van der Waals surface area contributed by atoms with Gasteiger partial charge in [0.05, 0.1) is 0 Å². The Balaban J connectivity index is 1.70. The van der Waals surface area contributed by atoms with E-state index >= 15 is 0 Å². The van der Waals surface area contributed by atoms with E-state index in [1.54, 1.807) is 0 Å². The quantitative estimate of drug-likeness (QED) is 0.902. The van der Waals surface area contributed by atoms with Gasteiger partial charge in [0.15, 0.2) is 17.4 Å². The smallest absolute Gasteiger partial charge is 0.187 e. The largest absolute Gasteiger partial charge is 0.503 e. The second-order valence-electron chi connectivity index (χ2n) is 5.83. The van der Waals surface area contributed by atoms with Gasteiger partial charge in [-0.05, 0) is 56.6 Å². The molecule has 3 nitrogen and oxygen atoms in total. The zero-order valence-electron chi connectivity index (χ0n) is 11.5. The SMILES string of the molecule is Oc1c(F)cc(CN2CCCN3CCCC3C2)cc1F. The van der Waals surface area contributed by atoms with Crippen LogP contribution in [0, 0.1) is 11.6 Å². The summed E-state index contributed by atoms with van der Waals surface area (Å²) in [7, 11) is 0. The Labute approximate surface area is 117 Å². The molecule has 2 aliphatic heterocycles. The van der Waals surface area contributed by atoms with Gasteiger partial charge < -0.3 is 5.11 Å². The van der Waals surface area contributed by atoms with E-state index in [4.69, 9.17) is 5.11 Å².